The number of fused-ring (bicyclic) bond motifs is 2. The lowest BCUT2D eigenvalue weighted by Crippen LogP contribution is -2.54. The largest absolute Gasteiger partial charge is 0.468 e. The Morgan fingerprint density at radius 3 is 2.82 bits per heavy atom. The summed E-state index contributed by atoms with van der Waals surface area (Å²) in [5.41, 5.74) is 6.05. The van der Waals surface area contributed by atoms with E-state index in [4.69, 9.17) is 27.1 Å². The number of benzene rings is 1. The van der Waals surface area contributed by atoms with Crippen molar-refractivity contribution >= 4 is 23.3 Å². The number of ketones is 1. The van der Waals surface area contributed by atoms with E-state index in [9.17, 15) is 4.79 Å². The fourth-order valence-electron chi connectivity index (χ4n) is 3.21. The number of carbonyl (C=O) groups excluding carboxylic acids is 1. The molecule has 2 N–H and O–H groups in total. The number of hydrogen-bond acceptors (Lipinski definition) is 4. The van der Waals surface area contributed by atoms with Crippen LogP contribution in [0.5, 0.6) is 0 Å². The highest BCUT2D eigenvalue weighted by Gasteiger charge is 2.52. The minimum absolute atomic E-state index is 0.00607. The Kier molecular flexibility index (Phi) is 4.00. The quantitative estimate of drug-likeness (QED) is 0.930. The van der Waals surface area contributed by atoms with Crippen molar-refractivity contribution < 1.29 is 9.53 Å². The first-order chi connectivity index (χ1) is 10.5. The fraction of sp³-hybridized carbons (Fsp3) is 0.529. The van der Waals surface area contributed by atoms with Crippen LogP contribution in [-0.2, 0) is 15.1 Å². The number of halogens is 1. The molecule has 0 amide bonds. The first-order valence-electron chi connectivity index (χ1n) is 7.77. The molecule has 118 valence electrons. The zero-order valence-electron chi connectivity index (χ0n) is 12.9. The highest BCUT2D eigenvalue weighted by atomic mass is 35.5. The lowest BCUT2D eigenvalue weighted by atomic mass is 9.73. The molecular formula is C17H21ClN2O2. The molecule has 0 aromatic heterocycles. The topological polar surface area (TPSA) is 64.7 Å². The molecule has 0 radical (unpaired) electrons. The van der Waals surface area contributed by atoms with E-state index in [-0.39, 0.29) is 17.7 Å². The Bertz CT molecular complexity index is 629. The van der Waals surface area contributed by atoms with Gasteiger partial charge in [-0.2, -0.15) is 0 Å². The third-order valence-corrected chi connectivity index (χ3v) is 4.92. The lowest BCUT2D eigenvalue weighted by molar-refractivity contribution is -0.137. The summed E-state index contributed by atoms with van der Waals surface area (Å²) >= 11 is 6.36. The predicted octanol–water partition coefficient (Wildman–Crippen LogP) is 3.07. The van der Waals surface area contributed by atoms with Crippen LogP contribution in [0.2, 0.25) is 5.02 Å². The average molecular weight is 321 g/mol. The van der Waals surface area contributed by atoms with Gasteiger partial charge in [-0.15, -0.1) is 0 Å². The van der Waals surface area contributed by atoms with E-state index in [1.807, 2.05) is 32.0 Å². The molecule has 0 spiro atoms. The number of carbonyl (C=O) groups is 1. The van der Waals surface area contributed by atoms with Crippen molar-refractivity contribution in [3.8, 4) is 0 Å². The number of hydrogen-bond donors (Lipinski definition) is 1. The first-order valence-corrected chi connectivity index (χ1v) is 8.15. The van der Waals surface area contributed by atoms with Gasteiger partial charge >= 0.3 is 0 Å². The van der Waals surface area contributed by atoms with Crippen molar-refractivity contribution in [3.05, 3.63) is 34.9 Å². The second-order valence-corrected chi connectivity index (χ2v) is 6.83. The van der Waals surface area contributed by atoms with Gasteiger partial charge in [0.1, 0.15) is 0 Å². The minimum atomic E-state index is -0.929. The third-order valence-electron chi connectivity index (χ3n) is 4.59. The molecule has 2 unspecified atom stereocenters. The number of aliphatic imine (C=N–C) groups is 1. The van der Waals surface area contributed by atoms with E-state index >= 15 is 0 Å². The summed E-state index contributed by atoms with van der Waals surface area (Å²) in [6, 6.07) is 7.12. The summed E-state index contributed by atoms with van der Waals surface area (Å²) < 4.78 is 5.81. The number of nitrogens with zero attached hydrogens (tertiary/aromatic N) is 1. The molecule has 1 saturated carbocycles. The summed E-state index contributed by atoms with van der Waals surface area (Å²) in [4.78, 5) is 17.6. The van der Waals surface area contributed by atoms with Crippen LogP contribution in [-0.4, -0.2) is 23.8 Å². The maximum atomic E-state index is 12.9. The molecule has 1 aliphatic heterocycles. The predicted molar refractivity (Wildman–Crippen MR) is 87.1 cm³/mol. The van der Waals surface area contributed by atoms with Gasteiger partial charge in [0, 0.05) is 10.6 Å². The zero-order valence-corrected chi connectivity index (χ0v) is 13.6. The van der Waals surface area contributed by atoms with Crippen LogP contribution in [0.3, 0.4) is 0 Å². The van der Waals surface area contributed by atoms with Gasteiger partial charge in [-0.1, -0.05) is 43.6 Å². The van der Waals surface area contributed by atoms with Gasteiger partial charge in [-0.25, -0.2) is 4.99 Å². The SMILES string of the molecule is CC(C)C(N)C1=NC2(c3ccccc3Cl)CCC[C@H](O1)C2=O. The number of Topliss-reactive ketones (excluding diaryl/α,β-unsaturated/α-hetero) is 1. The number of nitrogens with two attached hydrogens (primary N) is 1. The van der Waals surface area contributed by atoms with E-state index in [2.05, 4.69) is 0 Å². The molecule has 3 rings (SSSR count). The van der Waals surface area contributed by atoms with E-state index in [1.54, 1.807) is 6.07 Å². The number of ether oxygens (including phenoxy) is 1. The first kappa shape index (κ1) is 15.5. The van der Waals surface area contributed by atoms with Crippen LogP contribution < -0.4 is 5.73 Å². The highest BCUT2D eigenvalue weighted by Crippen LogP contribution is 2.44. The Morgan fingerprint density at radius 2 is 2.14 bits per heavy atom. The molecule has 22 heavy (non-hydrogen) atoms. The van der Waals surface area contributed by atoms with Gasteiger partial charge in [-0.05, 0) is 31.2 Å². The van der Waals surface area contributed by atoms with Crippen LogP contribution in [0.1, 0.15) is 38.7 Å². The Morgan fingerprint density at radius 1 is 1.41 bits per heavy atom. The Labute approximate surface area is 135 Å². The molecule has 1 fully saturated rings. The van der Waals surface area contributed by atoms with Gasteiger partial charge in [0.2, 0.25) is 11.7 Å². The van der Waals surface area contributed by atoms with Crippen LogP contribution in [0, 0.1) is 5.92 Å². The highest BCUT2D eigenvalue weighted by molar-refractivity contribution is 6.32. The molecule has 5 heteroatoms. The van der Waals surface area contributed by atoms with Gasteiger partial charge in [0.15, 0.2) is 11.6 Å². The van der Waals surface area contributed by atoms with Gasteiger partial charge in [-0.3, -0.25) is 4.79 Å². The summed E-state index contributed by atoms with van der Waals surface area (Å²) in [6.45, 7) is 4.04. The van der Waals surface area contributed by atoms with Gasteiger partial charge in [0.05, 0.1) is 6.04 Å². The zero-order chi connectivity index (χ0) is 15.9. The lowest BCUT2D eigenvalue weighted by Gasteiger charge is -2.42. The maximum absolute atomic E-state index is 12.9. The van der Waals surface area contributed by atoms with Crippen molar-refractivity contribution in [2.45, 2.75) is 50.8 Å². The van der Waals surface area contributed by atoms with Crippen molar-refractivity contribution in [1.29, 1.82) is 0 Å². The van der Waals surface area contributed by atoms with Crippen LogP contribution in [0.15, 0.2) is 29.3 Å². The molecule has 1 heterocycles. The van der Waals surface area contributed by atoms with Crippen LogP contribution in [0.25, 0.3) is 0 Å². The molecule has 1 aromatic carbocycles. The molecule has 1 aromatic rings. The molecule has 2 bridgehead atoms. The van der Waals surface area contributed by atoms with Gasteiger partial charge in [0.25, 0.3) is 0 Å². The average Bonchev–Trinajstić information content (AvgIpc) is 2.47. The summed E-state index contributed by atoms with van der Waals surface area (Å²) in [5, 5.41) is 0.569. The van der Waals surface area contributed by atoms with E-state index in [1.165, 1.54) is 0 Å². The molecule has 1 aliphatic carbocycles. The summed E-state index contributed by atoms with van der Waals surface area (Å²) in [6.07, 6.45) is 1.80. The molecular weight excluding hydrogens is 300 g/mol. The van der Waals surface area contributed by atoms with E-state index < -0.39 is 11.6 Å². The maximum Gasteiger partial charge on any atom is 0.205 e. The summed E-state index contributed by atoms with van der Waals surface area (Å²) in [7, 11) is 0. The standard InChI is InChI=1S/C17H21ClN2O2/c1-10(2)14(19)16-20-17(11-6-3-4-7-12(11)18)9-5-8-13(22-16)15(17)21/h3-4,6-7,10,13-14H,5,8-9,19H2,1-2H3/t13-,14?,17?/m0/s1. The second kappa shape index (κ2) is 5.67. The van der Waals surface area contributed by atoms with Gasteiger partial charge < -0.3 is 10.5 Å². The molecule has 4 nitrogen and oxygen atoms in total. The Balaban J connectivity index is 2.15. The van der Waals surface area contributed by atoms with Crippen molar-refractivity contribution in [2.75, 3.05) is 0 Å². The minimum Gasteiger partial charge on any atom is -0.468 e. The monoisotopic (exact) mass is 320 g/mol. The molecule has 2 aliphatic rings. The summed E-state index contributed by atoms with van der Waals surface area (Å²) in [5.74, 6) is 0.682. The molecule has 0 saturated heterocycles. The second-order valence-electron chi connectivity index (χ2n) is 6.42. The van der Waals surface area contributed by atoms with Crippen molar-refractivity contribution in [1.82, 2.24) is 0 Å². The fourth-order valence-corrected chi connectivity index (χ4v) is 3.50. The van der Waals surface area contributed by atoms with Crippen molar-refractivity contribution in [3.63, 3.8) is 0 Å². The van der Waals surface area contributed by atoms with Crippen LogP contribution in [0.4, 0.5) is 0 Å². The Hall–Kier alpha value is -1.39. The van der Waals surface area contributed by atoms with E-state index in [0.717, 1.165) is 18.4 Å². The third kappa shape index (κ3) is 2.34. The van der Waals surface area contributed by atoms with E-state index in [0.29, 0.717) is 17.3 Å². The van der Waals surface area contributed by atoms with Crippen molar-refractivity contribution in [2.24, 2.45) is 16.6 Å². The van der Waals surface area contributed by atoms with Crippen LogP contribution >= 0.6 is 11.6 Å². The molecule has 3 atom stereocenters. The smallest absolute Gasteiger partial charge is 0.205 e. The normalized spacial score (nSPS) is 29.0. The number of rotatable bonds is 3.